The molecular weight excluding hydrogens is 272 g/mol. The minimum atomic E-state index is -0.254. The van der Waals surface area contributed by atoms with Gasteiger partial charge in [-0.3, -0.25) is 4.79 Å². The zero-order valence-electron chi connectivity index (χ0n) is 12.7. The van der Waals surface area contributed by atoms with E-state index in [-0.39, 0.29) is 12.1 Å². The summed E-state index contributed by atoms with van der Waals surface area (Å²) in [6.45, 7) is 2.45. The third-order valence-electron chi connectivity index (χ3n) is 3.05. The summed E-state index contributed by atoms with van der Waals surface area (Å²) < 4.78 is 5.30. The van der Waals surface area contributed by atoms with Gasteiger partial charge in [-0.1, -0.05) is 12.8 Å². The Balaban J connectivity index is 3.78. The quantitative estimate of drug-likeness (QED) is 0.226. The van der Waals surface area contributed by atoms with Crippen LogP contribution in [0.4, 0.5) is 0 Å². The van der Waals surface area contributed by atoms with E-state index in [1.54, 1.807) is 0 Å². The molecule has 0 aliphatic rings. The van der Waals surface area contributed by atoms with Crippen LogP contribution in [0.2, 0.25) is 0 Å². The van der Waals surface area contributed by atoms with Crippen LogP contribution in [0.1, 0.15) is 58.3 Å². The van der Waals surface area contributed by atoms with Gasteiger partial charge in [-0.15, -0.1) is 0 Å². The molecule has 0 amide bonds. The van der Waals surface area contributed by atoms with Crippen molar-refractivity contribution >= 4 is 18.1 Å². The Morgan fingerprint density at radius 1 is 0.905 bits per heavy atom. The van der Waals surface area contributed by atoms with Crippen molar-refractivity contribution in [2.24, 2.45) is 9.98 Å². The highest BCUT2D eigenvalue weighted by atomic mass is 16.5. The number of hydrogen-bond acceptors (Lipinski definition) is 6. The van der Waals surface area contributed by atoms with Crippen molar-refractivity contribution in [3.05, 3.63) is 0 Å². The van der Waals surface area contributed by atoms with E-state index in [0.717, 1.165) is 51.4 Å². The van der Waals surface area contributed by atoms with E-state index in [4.69, 9.17) is 4.74 Å². The Labute approximate surface area is 125 Å². The lowest BCUT2D eigenvalue weighted by atomic mass is 10.0. The molecule has 0 N–H and O–H groups in total. The van der Waals surface area contributed by atoms with E-state index in [0.29, 0.717) is 13.1 Å². The number of aliphatic imine (C=N–C) groups is 2. The molecule has 0 bridgehead atoms. The van der Waals surface area contributed by atoms with Gasteiger partial charge in [0.25, 0.3) is 0 Å². The normalized spacial score (nSPS) is 11.1. The average molecular weight is 296 g/mol. The summed E-state index contributed by atoms with van der Waals surface area (Å²) in [5.41, 5.74) is 0. The van der Waals surface area contributed by atoms with Crippen molar-refractivity contribution in [3.8, 4) is 0 Å². The number of unbranched alkanes of at least 4 members (excludes halogenated alkanes) is 4. The van der Waals surface area contributed by atoms with Crippen LogP contribution in [-0.4, -0.2) is 37.3 Å². The van der Waals surface area contributed by atoms with E-state index in [1.807, 2.05) is 0 Å². The van der Waals surface area contributed by atoms with Crippen LogP contribution in [-0.2, 0) is 19.1 Å². The van der Waals surface area contributed by atoms with E-state index in [2.05, 4.69) is 9.98 Å². The highest BCUT2D eigenvalue weighted by molar-refractivity contribution is 5.66. The van der Waals surface area contributed by atoms with Gasteiger partial charge in [0.05, 0.1) is 13.1 Å². The molecule has 0 heterocycles. The lowest BCUT2D eigenvalue weighted by molar-refractivity contribution is -0.147. The summed E-state index contributed by atoms with van der Waals surface area (Å²) in [7, 11) is 0. The molecule has 0 unspecified atom stereocenters. The predicted octanol–water partition coefficient (Wildman–Crippen LogP) is 2.71. The Kier molecular flexibility index (Phi) is 13.4. The molecule has 0 fully saturated rings. The van der Waals surface area contributed by atoms with Crippen molar-refractivity contribution in [1.82, 2.24) is 0 Å². The molecule has 0 saturated heterocycles. The Hall–Kier alpha value is -1.77. The second-order valence-electron chi connectivity index (χ2n) is 4.88. The first-order valence-electron chi connectivity index (χ1n) is 7.45. The molecule has 6 nitrogen and oxygen atoms in total. The highest BCUT2D eigenvalue weighted by Gasteiger charge is 2.11. The third kappa shape index (κ3) is 14.4. The number of ether oxygens (including phenoxy) is 1. The largest absolute Gasteiger partial charge is 0.463 e. The Morgan fingerprint density at radius 3 is 1.76 bits per heavy atom. The molecule has 0 aromatic heterocycles. The van der Waals surface area contributed by atoms with Crippen LogP contribution in [0.15, 0.2) is 9.98 Å². The van der Waals surface area contributed by atoms with Crippen molar-refractivity contribution in [1.29, 1.82) is 0 Å². The fourth-order valence-corrected chi connectivity index (χ4v) is 2.07. The summed E-state index contributed by atoms with van der Waals surface area (Å²) in [6.07, 6.45) is 10.2. The molecule has 0 spiro atoms. The second-order valence-corrected chi connectivity index (χ2v) is 4.88. The van der Waals surface area contributed by atoms with Crippen molar-refractivity contribution < 1.29 is 19.1 Å². The lowest BCUT2D eigenvalue weighted by Gasteiger charge is -2.16. The van der Waals surface area contributed by atoms with E-state index in [9.17, 15) is 14.4 Å². The van der Waals surface area contributed by atoms with Gasteiger partial charge in [0.2, 0.25) is 12.2 Å². The van der Waals surface area contributed by atoms with Crippen LogP contribution in [0, 0.1) is 0 Å². The number of rotatable bonds is 13. The molecule has 0 atom stereocenters. The molecule has 21 heavy (non-hydrogen) atoms. The molecular formula is C15H24N2O4. The smallest absolute Gasteiger partial charge is 0.302 e. The summed E-state index contributed by atoms with van der Waals surface area (Å²) in [6, 6.07) is 0. The maximum atomic E-state index is 11.1. The van der Waals surface area contributed by atoms with Gasteiger partial charge in [0.15, 0.2) is 0 Å². The predicted molar refractivity (Wildman–Crippen MR) is 78.5 cm³/mol. The number of hydrogen-bond donors (Lipinski definition) is 0. The number of esters is 1. The lowest BCUT2D eigenvalue weighted by Crippen LogP contribution is -2.16. The van der Waals surface area contributed by atoms with Crippen molar-refractivity contribution in [2.45, 2.75) is 64.4 Å². The van der Waals surface area contributed by atoms with Gasteiger partial charge < -0.3 is 4.74 Å². The molecule has 6 heteroatoms. The molecule has 0 aliphatic heterocycles. The minimum Gasteiger partial charge on any atom is -0.463 e. The van der Waals surface area contributed by atoms with Gasteiger partial charge in [-0.05, 0) is 38.5 Å². The topological polar surface area (TPSA) is 85.2 Å². The van der Waals surface area contributed by atoms with E-state index >= 15 is 0 Å². The van der Waals surface area contributed by atoms with Crippen LogP contribution >= 0.6 is 0 Å². The monoisotopic (exact) mass is 296 g/mol. The third-order valence-corrected chi connectivity index (χ3v) is 3.05. The maximum absolute atomic E-state index is 11.1. The van der Waals surface area contributed by atoms with Crippen LogP contribution in [0.25, 0.3) is 0 Å². The molecule has 0 saturated carbocycles. The molecule has 0 aromatic carbocycles. The van der Waals surface area contributed by atoms with Crippen molar-refractivity contribution in [3.63, 3.8) is 0 Å². The summed E-state index contributed by atoms with van der Waals surface area (Å²) in [5.74, 6) is -0.254. The zero-order valence-corrected chi connectivity index (χ0v) is 12.7. The zero-order chi connectivity index (χ0) is 15.8. The van der Waals surface area contributed by atoms with Crippen LogP contribution in [0.3, 0.4) is 0 Å². The van der Waals surface area contributed by atoms with Gasteiger partial charge >= 0.3 is 5.97 Å². The first kappa shape index (κ1) is 19.2. The molecule has 0 rings (SSSR count). The van der Waals surface area contributed by atoms with Crippen molar-refractivity contribution in [2.75, 3.05) is 13.1 Å². The molecule has 0 aliphatic carbocycles. The fourth-order valence-electron chi connectivity index (χ4n) is 2.07. The Morgan fingerprint density at radius 2 is 1.38 bits per heavy atom. The summed E-state index contributed by atoms with van der Waals surface area (Å²) >= 11 is 0. The summed E-state index contributed by atoms with van der Waals surface area (Å²) in [5, 5.41) is 0. The average Bonchev–Trinajstić information content (AvgIpc) is 2.45. The SMILES string of the molecule is CC(=O)OC(CCCCCN=C=O)CCCCCN=C=O. The van der Waals surface area contributed by atoms with Crippen LogP contribution in [0.5, 0.6) is 0 Å². The fraction of sp³-hybridized carbons (Fsp3) is 0.800. The van der Waals surface area contributed by atoms with Gasteiger partial charge in [-0.25, -0.2) is 19.6 Å². The number of nitrogens with zero attached hydrogens (tertiary/aromatic N) is 2. The van der Waals surface area contributed by atoms with E-state index in [1.165, 1.54) is 19.1 Å². The first-order chi connectivity index (χ1) is 10.2. The van der Waals surface area contributed by atoms with E-state index < -0.39 is 0 Å². The molecule has 0 aromatic rings. The van der Waals surface area contributed by atoms with Gasteiger partial charge in [0, 0.05) is 6.92 Å². The van der Waals surface area contributed by atoms with Gasteiger partial charge in [-0.2, -0.15) is 0 Å². The standard InChI is InChI=1S/C15H24N2O4/c1-14(20)21-15(8-4-2-6-10-16-12-18)9-5-3-7-11-17-13-19/h15H,2-11H2,1H3. The first-order valence-corrected chi connectivity index (χ1v) is 7.45. The highest BCUT2D eigenvalue weighted by Crippen LogP contribution is 2.14. The maximum Gasteiger partial charge on any atom is 0.302 e. The molecule has 118 valence electrons. The Bertz CT molecular complexity index is 344. The number of isocyanates is 2. The van der Waals surface area contributed by atoms with Gasteiger partial charge in [0.1, 0.15) is 6.10 Å². The summed E-state index contributed by atoms with van der Waals surface area (Å²) in [4.78, 5) is 37.9. The number of carbonyl (C=O) groups is 1. The van der Waals surface area contributed by atoms with Crippen LogP contribution < -0.4 is 0 Å². The number of carbonyl (C=O) groups excluding carboxylic acids is 3. The molecule has 0 radical (unpaired) electrons. The second kappa shape index (κ2) is 14.6. The minimum absolute atomic E-state index is 0.0494.